The van der Waals surface area contributed by atoms with Crippen LogP contribution in [0.5, 0.6) is 11.5 Å². The van der Waals surface area contributed by atoms with Crippen LogP contribution in [0.2, 0.25) is 0 Å². The van der Waals surface area contributed by atoms with Gasteiger partial charge >= 0.3 is 0 Å². The van der Waals surface area contributed by atoms with Crippen molar-refractivity contribution in [1.29, 1.82) is 0 Å². The molecule has 0 aliphatic heterocycles. The summed E-state index contributed by atoms with van der Waals surface area (Å²) in [4.78, 5) is 0. The molecule has 0 fully saturated rings. The second-order valence-electron chi connectivity index (χ2n) is 4.74. The third kappa shape index (κ3) is 6.76. The van der Waals surface area contributed by atoms with Crippen LogP contribution < -0.4 is 20.2 Å². The topological polar surface area (TPSA) is 54.9 Å². The molecule has 0 radical (unpaired) electrons. The highest BCUT2D eigenvalue weighted by Gasteiger charge is 2.04. The lowest BCUT2D eigenvalue weighted by Gasteiger charge is -2.10. The summed E-state index contributed by atoms with van der Waals surface area (Å²) in [6, 6.07) is 5.67. The van der Waals surface area contributed by atoms with Gasteiger partial charge in [0.05, 0.1) is 19.9 Å². The molecule has 22 heavy (non-hydrogen) atoms. The molecule has 0 spiro atoms. The first-order chi connectivity index (χ1) is 10.7. The van der Waals surface area contributed by atoms with Crippen LogP contribution in [0.15, 0.2) is 23.3 Å². The van der Waals surface area contributed by atoms with Gasteiger partial charge in [-0.25, -0.2) is 0 Å². The van der Waals surface area contributed by atoms with Gasteiger partial charge in [0, 0.05) is 6.54 Å². The summed E-state index contributed by atoms with van der Waals surface area (Å²) < 4.78 is 10.9. The monoisotopic (exact) mass is 323 g/mol. The SMILES string of the molecule is CCCCNC(=S)N/N=C\c1ccc(OC)c(OCCC)c1. The van der Waals surface area contributed by atoms with Crippen LogP contribution in [0.3, 0.4) is 0 Å². The van der Waals surface area contributed by atoms with E-state index in [2.05, 4.69) is 29.7 Å². The fraction of sp³-hybridized carbons (Fsp3) is 0.500. The molecule has 0 aliphatic carbocycles. The lowest BCUT2D eigenvalue weighted by Crippen LogP contribution is -2.32. The lowest BCUT2D eigenvalue weighted by molar-refractivity contribution is 0.294. The van der Waals surface area contributed by atoms with E-state index in [-0.39, 0.29) is 0 Å². The van der Waals surface area contributed by atoms with E-state index in [1.54, 1.807) is 13.3 Å². The predicted octanol–water partition coefficient (Wildman–Crippen LogP) is 3.08. The molecule has 0 bridgehead atoms. The zero-order valence-corrected chi connectivity index (χ0v) is 14.3. The van der Waals surface area contributed by atoms with Gasteiger partial charge in [-0.15, -0.1) is 0 Å². The van der Waals surface area contributed by atoms with Crippen molar-refractivity contribution in [1.82, 2.24) is 10.7 Å². The Morgan fingerprint density at radius 2 is 2.09 bits per heavy atom. The van der Waals surface area contributed by atoms with Crippen LogP contribution in [0.25, 0.3) is 0 Å². The van der Waals surface area contributed by atoms with Crippen molar-refractivity contribution in [3.63, 3.8) is 0 Å². The van der Waals surface area contributed by atoms with Crippen LogP contribution in [-0.4, -0.2) is 31.6 Å². The molecule has 0 saturated heterocycles. The summed E-state index contributed by atoms with van der Waals surface area (Å²) in [7, 11) is 1.63. The van der Waals surface area contributed by atoms with Crippen LogP contribution >= 0.6 is 12.2 Å². The molecule has 0 amide bonds. The molecule has 0 aromatic heterocycles. The Balaban J connectivity index is 2.57. The van der Waals surface area contributed by atoms with E-state index in [9.17, 15) is 0 Å². The van der Waals surface area contributed by atoms with E-state index in [0.717, 1.165) is 42.9 Å². The van der Waals surface area contributed by atoms with E-state index in [4.69, 9.17) is 21.7 Å². The number of rotatable bonds is 9. The third-order valence-electron chi connectivity index (χ3n) is 2.84. The normalized spacial score (nSPS) is 10.5. The highest BCUT2D eigenvalue weighted by Crippen LogP contribution is 2.27. The molecule has 6 heteroatoms. The van der Waals surface area contributed by atoms with Gasteiger partial charge in [0.1, 0.15) is 0 Å². The number of methoxy groups -OCH3 is 1. The van der Waals surface area contributed by atoms with Gasteiger partial charge in [0.15, 0.2) is 16.6 Å². The van der Waals surface area contributed by atoms with Crippen molar-refractivity contribution in [2.24, 2.45) is 5.10 Å². The zero-order chi connectivity index (χ0) is 16.2. The molecular weight excluding hydrogens is 298 g/mol. The first-order valence-electron chi connectivity index (χ1n) is 7.59. The molecule has 1 rings (SSSR count). The quantitative estimate of drug-likeness (QED) is 0.316. The van der Waals surface area contributed by atoms with Gasteiger partial charge in [-0.1, -0.05) is 20.3 Å². The Morgan fingerprint density at radius 1 is 1.27 bits per heavy atom. The Labute approximate surface area is 138 Å². The maximum atomic E-state index is 5.67. The van der Waals surface area contributed by atoms with Crippen molar-refractivity contribution >= 4 is 23.5 Å². The highest BCUT2D eigenvalue weighted by atomic mass is 32.1. The molecule has 1 aromatic rings. The summed E-state index contributed by atoms with van der Waals surface area (Å²) in [5.74, 6) is 1.44. The molecule has 1 aromatic carbocycles. The fourth-order valence-corrected chi connectivity index (χ4v) is 1.84. The number of benzene rings is 1. The van der Waals surface area contributed by atoms with Crippen molar-refractivity contribution in [2.45, 2.75) is 33.1 Å². The largest absolute Gasteiger partial charge is 0.493 e. The zero-order valence-electron chi connectivity index (χ0n) is 13.5. The minimum Gasteiger partial charge on any atom is -0.493 e. The van der Waals surface area contributed by atoms with Crippen molar-refractivity contribution in [2.75, 3.05) is 20.3 Å². The average Bonchev–Trinajstić information content (AvgIpc) is 2.53. The number of nitrogens with zero attached hydrogens (tertiary/aromatic N) is 1. The van der Waals surface area contributed by atoms with E-state index < -0.39 is 0 Å². The Morgan fingerprint density at radius 3 is 2.77 bits per heavy atom. The summed E-state index contributed by atoms with van der Waals surface area (Å²) in [6.45, 7) is 5.71. The van der Waals surface area contributed by atoms with Crippen LogP contribution in [0, 0.1) is 0 Å². The molecule has 0 atom stereocenters. The number of thiocarbonyl (C=S) groups is 1. The first kappa shape index (κ1) is 18.2. The second kappa shape index (κ2) is 10.8. The average molecular weight is 323 g/mol. The molecule has 2 N–H and O–H groups in total. The van der Waals surface area contributed by atoms with Crippen LogP contribution in [0.4, 0.5) is 0 Å². The van der Waals surface area contributed by atoms with Crippen LogP contribution in [-0.2, 0) is 0 Å². The molecule has 5 nitrogen and oxygen atoms in total. The molecule has 0 heterocycles. The second-order valence-corrected chi connectivity index (χ2v) is 5.15. The van der Waals surface area contributed by atoms with Gasteiger partial charge in [-0.3, -0.25) is 5.43 Å². The maximum absolute atomic E-state index is 5.67. The molecule has 0 unspecified atom stereocenters. The minimum absolute atomic E-state index is 0.528. The van der Waals surface area contributed by atoms with Crippen LogP contribution in [0.1, 0.15) is 38.7 Å². The summed E-state index contributed by atoms with van der Waals surface area (Å²) in [5, 5.41) is 7.74. The minimum atomic E-state index is 0.528. The Hall–Kier alpha value is -1.82. The Bertz CT molecular complexity index is 492. The van der Waals surface area contributed by atoms with E-state index in [1.807, 2.05) is 18.2 Å². The van der Waals surface area contributed by atoms with Gasteiger partial charge in [0.25, 0.3) is 0 Å². The van der Waals surface area contributed by atoms with Crippen molar-refractivity contribution in [3.05, 3.63) is 23.8 Å². The standard InChI is InChI=1S/C16H25N3O2S/c1-4-6-9-17-16(22)19-18-12-13-7-8-14(20-3)15(11-13)21-10-5-2/h7-8,11-12H,4-6,9-10H2,1-3H3,(H2,17,19,22)/b18-12-. The van der Waals surface area contributed by atoms with Gasteiger partial charge in [-0.05, 0) is 48.8 Å². The number of unbranched alkanes of at least 4 members (excludes halogenated alkanes) is 1. The smallest absolute Gasteiger partial charge is 0.186 e. The van der Waals surface area contributed by atoms with E-state index in [0.29, 0.717) is 11.7 Å². The van der Waals surface area contributed by atoms with E-state index >= 15 is 0 Å². The summed E-state index contributed by atoms with van der Waals surface area (Å²) in [5.41, 5.74) is 3.71. The molecule has 122 valence electrons. The Kier molecular flexibility index (Phi) is 8.98. The van der Waals surface area contributed by atoms with Gasteiger partial charge in [0.2, 0.25) is 0 Å². The summed E-state index contributed by atoms with van der Waals surface area (Å²) in [6.07, 6.45) is 4.86. The fourth-order valence-electron chi connectivity index (χ4n) is 1.68. The molecular formula is C16H25N3O2S. The number of hydrogen-bond donors (Lipinski definition) is 2. The van der Waals surface area contributed by atoms with Crippen molar-refractivity contribution < 1.29 is 9.47 Å². The third-order valence-corrected chi connectivity index (χ3v) is 3.08. The summed E-state index contributed by atoms with van der Waals surface area (Å²) >= 11 is 5.12. The highest BCUT2D eigenvalue weighted by molar-refractivity contribution is 7.80. The number of ether oxygens (including phenoxy) is 2. The number of hydrazone groups is 1. The molecule has 0 saturated carbocycles. The lowest BCUT2D eigenvalue weighted by atomic mass is 10.2. The van der Waals surface area contributed by atoms with Crippen molar-refractivity contribution in [3.8, 4) is 11.5 Å². The van der Waals surface area contributed by atoms with Gasteiger partial charge < -0.3 is 14.8 Å². The number of nitrogens with one attached hydrogen (secondary N) is 2. The van der Waals surface area contributed by atoms with Gasteiger partial charge in [-0.2, -0.15) is 5.10 Å². The first-order valence-corrected chi connectivity index (χ1v) is 7.99. The van der Waals surface area contributed by atoms with E-state index in [1.165, 1.54) is 0 Å². The predicted molar refractivity (Wildman–Crippen MR) is 95.0 cm³/mol. The number of hydrogen-bond acceptors (Lipinski definition) is 4. The molecule has 0 aliphatic rings. The maximum Gasteiger partial charge on any atom is 0.186 e.